The number of ether oxygens (including phenoxy) is 2. The Balaban J connectivity index is 1.65. The van der Waals surface area contributed by atoms with Gasteiger partial charge in [0.2, 0.25) is 5.91 Å². The van der Waals surface area contributed by atoms with Crippen molar-refractivity contribution >= 4 is 17.4 Å². The molecule has 0 atom stereocenters. The summed E-state index contributed by atoms with van der Waals surface area (Å²) < 4.78 is 11.8. The third-order valence-electron chi connectivity index (χ3n) is 5.26. The van der Waals surface area contributed by atoms with Crippen LogP contribution in [0.5, 0.6) is 17.2 Å². The fourth-order valence-corrected chi connectivity index (χ4v) is 3.77. The van der Waals surface area contributed by atoms with E-state index in [-0.39, 0.29) is 5.91 Å². The third kappa shape index (κ3) is 3.92. The van der Waals surface area contributed by atoms with Crippen LogP contribution in [0.4, 0.5) is 5.69 Å². The Kier molecular flexibility index (Phi) is 5.43. The van der Waals surface area contributed by atoms with Gasteiger partial charge in [0.25, 0.3) is 0 Å². The molecule has 0 N–H and O–H groups in total. The average molecular weight is 393 g/mol. The number of piperazine rings is 1. The highest BCUT2D eigenvalue weighted by atomic mass is 16.5. The molecule has 0 unspecified atom stereocenters. The number of benzene rings is 2. The van der Waals surface area contributed by atoms with Crippen LogP contribution in [-0.4, -0.2) is 54.8 Å². The maximum Gasteiger partial charge on any atom is 0.222 e. The fraction of sp³-hybridized carbons (Fsp3) is 0.391. The number of amides is 1. The minimum absolute atomic E-state index is 0.234. The summed E-state index contributed by atoms with van der Waals surface area (Å²) in [4.78, 5) is 21.6. The third-order valence-corrected chi connectivity index (χ3v) is 5.26. The summed E-state index contributed by atoms with van der Waals surface area (Å²) in [6, 6.07) is 13.6. The van der Waals surface area contributed by atoms with Gasteiger partial charge in [-0.1, -0.05) is 32.0 Å². The zero-order chi connectivity index (χ0) is 20.4. The van der Waals surface area contributed by atoms with Crippen LogP contribution >= 0.6 is 0 Å². The topological polar surface area (TPSA) is 54.4 Å². The molecule has 0 spiro atoms. The van der Waals surface area contributed by atoms with Gasteiger partial charge in [0.1, 0.15) is 11.5 Å². The second kappa shape index (κ2) is 8.15. The van der Waals surface area contributed by atoms with Crippen LogP contribution in [0.2, 0.25) is 0 Å². The van der Waals surface area contributed by atoms with Gasteiger partial charge >= 0.3 is 0 Å². The Morgan fingerprint density at radius 3 is 2.59 bits per heavy atom. The maximum absolute atomic E-state index is 12.4. The molecule has 0 aliphatic carbocycles. The molecule has 6 nitrogen and oxygen atoms in total. The number of methoxy groups -OCH3 is 1. The van der Waals surface area contributed by atoms with E-state index in [0.717, 1.165) is 30.2 Å². The van der Waals surface area contributed by atoms with Gasteiger partial charge in [-0.15, -0.1) is 0 Å². The number of carbonyl (C=O) groups is 1. The predicted octanol–water partition coefficient (Wildman–Crippen LogP) is 4.07. The minimum atomic E-state index is 0.234. The van der Waals surface area contributed by atoms with Crippen molar-refractivity contribution < 1.29 is 14.3 Å². The Morgan fingerprint density at radius 1 is 1.10 bits per heavy atom. The highest BCUT2D eigenvalue weighted by Gasteiger charge is 2.28. The lowest BCUT2D eigenvalue weighted by atomic mass is 10.1. The van der Waals surface area contributed by atoms with E-state index in [1.807, 2.05) is 47.4 Å². The van der Waals surface area contributed by atoms with E-state index in [4.69, 9.17) is 14.5 Å². The van der Waals surface area contributed by atoms with Crippen LogP contribution in [0.25, 0.3) is 0 Å². The number of carbonyl (C=O) groups excluding carboxylic acids is 1. The first-order valence-corrected chi connectivity index (χ1v) is 10.1. The van der Waals surface area contributed by atoms with Crippen LogP contribution in [0.1, 0.15) is 25.8 Å². The number of aliphatic imine (C=N–C) groups is 1. The highest BCUT2D eigenvalue weighted by Crippen LogP contribution is 2.42. The number of fused-ring (bicyclic) bond motifs is 2. The molecule has 0 bridgehead atoms. The summed E-state index contributed by atoms with van der Waals surface area (Å²) in [5.74, 6) is 3.53. The van der Waals surface area contributed by atoms with E-state index in [1.54, 1.807) is 7.11 Å². The summed E-state index contributed by atoms with van der Waals surface area (Å²) in [5, 5.41) is 0. The number of hydrogen-bond acceptors (Lipinski definition) is 5. The molecule has 6 heteroatoms. The van der Waals surface area contributed by atoms with Crippen molar-refractivity contribution in [2.24, 2.45) is 10.9 Å². The van der Waals surface area contributed by atoms with E-state index in [2.05, 4.69) is 18.7 Å². The van der Waals surface area contributed by atoms with Crippen molar-refractivity contribution in [3.8, 4) is 17.2 Å². The number of amidine groups is 1. The first-order valence-electron chi connectivity index (χ1n) is 10.1. The molecule has 2 aromatic rings. The molecule has 2 aromatic carbocycles. The Bertz CT molecular complexity index is 931. The molecule has 1 saturated heterocycles. The van der Waals surface area contributed by atoms with Gasteiger partial charge in [0.15, 0.2) is 17.2 Å². The molecule has 1 fully saturated rings. The van der Waals surface area contributed by atoms with Crippen molar-refractivity contribution in [1.82, 2.24) is 9.80 Å². The molecule has 4 rings (SSSR count). The molecule has 1 amide bonds. The van der Waals surface area contributed by atoms with Gasteiger partial charge in [-0.05, 0) is 30.2 Å². The number of para-hydroxylation sites is 3. The summed E-state index contributed by atoms with van der Waals surface area (Å²) in [6.45, 7) is 7.04. The highest BCUT2D eigenvalue weighted by molar-refractivity contribution is 6.04. The molecule has 152 valence electrons. The molecule has 29 heavy (non-hydrogen) atoms. The van der Waals surface area contributed by atoms with Crippen LogP contribution in [0.3, 0.4) is 0 Å². The molecule has 2 aliphatic heterocycles. The zero-order valence-electron chi connectivity index (χ0n) is 17.2. The largest absolute Gasteiger partial charge is 0.493 e. The van der Waals surface area contributed by atoms with Crippen LogP contribution in [-0.2, 0) is 4.79 Å². The molecular formula is C23H27N3O3. The Morgan fingerprint density at radius 2 is 1.86 bits per heavy atom. The van der Waals surface area contributed by atoms with Crippen molar-refractivity contribution in [2.45, 2.75) is 20.3 Å². The van der Waals surface area contributed by atoms with Gasteiger partial charge < -0.3 is 19.3 Å². The molecular weight excluding hydrogens is 366 g/mol. The number of hydrogen-bond donors (Lipinski definition) is 0. The molecule has 2 aliphatic rings. The zero-order valence-corrected chi connectivity index (χ0v) is 17.2. The maximum atomic E-state index is 12.4. The summed E-state index contributed by atoms with van der Waals surface area (Å²) in [6.07, 6.45) is 0.599. The quantitative estimate of drug-likeness (QED) is 0.789. The standard InChI is InChI=1S/C23H27N3O3/c1-16(2)15-21(27)25-11-13-26(14-12-25)23-17-7-6-10-20(28-3)22(17)29-19-9-5-4-8-18(19)24-23/h4-10,16H,11-15H2,1-3H3. The van der Waals surface area contributed by atoms with Gasteiger partial charge in [-0.3, -0.25) is 4.79 Å². The lowest BCUT2D eigenvalue weighted by molar-refractivity contribution is -0.133. The smallest absolute Gasteiger partial charge is 0.222 e. The SMILES string of the molecule is COc1cccc2c1Oc1ccccc1N=C2N1CCN(C(=O)CC(C)C)CC1. The Hall–Kier alpha value is -3.02. The summed E-state index contributed by atoms with van der Waals surface area (Å²) >= 11 is 0. The second-order valence-corrected chi connectivity index (χ2v) is 7.81. The van der Waals surface area contributed by atoms with E-state index in [1.165, 1.54) is 0 Å². The number of nitrogens with zero attached hydrogens (tertiary/aromatic N) is 3. The van der Waals surface area contributed by atoms with Crippen molar-refractivity contribution in [2.75, 3.05) is 33.3 Å². The van der Waals surface area contributed by atoms with Crippen molar-refractivity contribution in [1.29, 1.82) is 0 Å². The normalized spacial score (nSPS) is 15.8. The van der Waals surface area contributed by atoms with Gasteiger partial charge in [-0.2, -0.15) is 0 Å². The van der Waals surface area contributed by atoms with E-state index in [0.29, 0.717) is 42.7 Å². The first kappa shape index (κ1) is 19.3. The van der Waals surface area contributed by atoms with Crippen LogP contribution in [0, 0.1) is 5.92 Å². The van der Waals surface area contributed by atoms with Crippen molar-refractivity contribution in [3.05, 3.63) is 48.0 Å². The van der Waals surface area contributed by atoms with Crippen LogP contribution in [0.15, 0.2) is 47.5 Å². The minimum Gasteiger partial charge on any atom is -0.493 e. The lowest BCUT2D eigenvalue weighted by Crippen LogP contribution is -2.51. The molecule has 0 aromatic heterocycles. The molecule has 0 saturated carbocycles. The first-order chi connectivity index (χ1) is 14.1. The lowest BCUT2D eigenvalue weighted by Gasteiger charge is -2.37. The number of rotatable bonds is 3. The average Bonchev–Trinajstić information content (AvgIpc) is 2.90. The second-order valence-electron chi connectivity index (χ2n) is 7.81. The summed E-state index contributed by atoms with van der Waals surface area (Å²) in [7, 11) is 1.64. The van der Waals surface area contributed by atoms with E-state index in [9.17, 15) is 4.79 Å². The van der Waals surface area contributed by atoms with Gasteiger partial charge in [-0.25, -0.2) is 4.99 Å². The molecule has 2 heterocycles. The van der Waals surface area contributed by atoms with Crippen LogP contribution < -0.4 is 9.47 Å². The van der Waals surface area contributed by atoms with E-state index >= 15 is 0 Å². The molecule has 0 radical (unpaired) electrons. The van der Waals surface area contributed by atoms with Crippen molar-refractivity contribution in [3.63, 3.8) is 0 Å². The van der Waals surface area contributed by atoms with E-state index < -0.39 is 0 Å². The summed E-state index contributed by atoms with van der Waals surface area (Å²) in [5.41, 5.74) is 1.70. The van der Waals surface area contributed by atoms with Gasteiger partial charge in [0.05, 0.1) is 12.7 Å². The fourth-order valence-electron chi connectivity index (χ4n) is 3.77. The monoisotopic (exact) mass is 393 g/mol. The predicted molar refractivity (Wildman–Crippen MR) is 113 cm³/mol. The Labute approximate surface area is 171 Å². The van der Waals surface area contributed by atoms with Gasteiger partial charge in [0, 0.05) is 32.6 Å².